The summed E-state index contributed by atoms with van der Waals surface area (Å²) in [7, 11) is 0. The van der Waals surface area contributed by atoms with Crippen LogP contribution in [0.15, 0.2) is 58.1 Å². The third kappa shape index (κ3) is 3.34. The van der Waals surface area contributed by atoms with E-state index in [1.54, 1.807) is 24.3 Å². The van der Waals surface area contributed by atoms with Crippen LogP contribution in [0.3, 0.4) is 0 Å². The molecule has 2 aromatic carbocycles. The lowest BCUT2D eigenvalue weighted by Crippen LogP contribution is -2.35. The van der Waals surface area contributed by atoms with Crippen LogP contribution in [0.5, 0.6) is 0 Å². The standard InChI is InChI=1S/C19H18N6O2/c1-2-24(11-17-20-15-9-5-3-7-13(15)18(26)21-17)12-25-19(27)14-8-4-6-10-16(14)22-23-25/h3-10H,2,11-12H2,1H3,(H,20,21,26). The van der Waals surface area contributed by atoms with E-state index >= 15 is 0 Å². The van der Waals surface area contributed by atoms with Gasteiger partial charge in [0.15, 0.2) is 0 Å². The van der Waals surface area contributed by atoms with E-state index in [9.17, 15) is 9.59 Å². The molecular formula is C19H18N6O2. The molecule has 0 atom stereocenters. The van der Waals surface area contributed by atoms with Crippen molar-refractivity contribution in [1.82, 2.24) is 29.9 Å². The van der Waals surface area contributed by atoms with Gasteiger partial charge in [-0.1, -0.05) is 36.4 Å². The second-order valence-corrected chi connectivity index (χ2v) is 6.23. The number of para-hydroxylation sites is 1. The number of fused-ring (bicyclic) bond motifs is 2. The maximum absolute atomic E-state index is 12.6. The molecule has 4 rings (SSSR count). The minimum Gasteiger partial charge on any atom is -0.309 e. The molecule has 2 heterocycles. The number of hydrogen-bond donors (Lipinski definition) is 1. The first-order valence-electron chi connectivity index (χ1n) is 8.68. The Hall–Kier alpha value is -3.39. The van der Waals surface area contributed by atoms with Gasteiger partial charge < -0.3 is 4.98 Å². The molecule has 2 aromatic heterocycles. The Kier molecular flexibility index (Phi) is 4.47. The van der Waals surface area contributed by atoms with Crippen molar-refractivity contribution in [2.45, 2.75) is 20.1 Å². The third-order valence-corrected chi connectivity index (χ3v) is 4.45. The highest BCUT2D eigenvalue weighted by atomic mass is 16.1. The van der Waals surface area contributed by atoms with E-state index in [2.05, 4.69) is 20.3 Å². The van der Waals surface area contributed by atoms with Gasteiger partial charge in [-0.25, -0.2) is 4.98 Å². The smallest absolute Gasteiger partial charge is 0.278 e. The van der Waals surface area contributed by atoms with E-state index in [0.29, 0.717) is 40.7 Å². The number of aromatic amines is 1. The van der Waals surface area contributed by atoms with Crippen LogP contribution in [0.1, 0.15) is 12.7 Å². The highest BCUT2D eigenvalue weighted by Gasteiger charge is 2.12. The highest BCUT2D eigenvalue weighted by Crippen LogP contribution is 2.08. The van der Waals surface area contributed by atoms with Crippen LogP contribution in [0, 0.1) is 0 Å². The van der Waals surface area contributed by atoms with Gasteiger partial charge in [0.2, 0.25) is 0 Å². The predicted octanol–water partition coefficient (Wildman–Crippen LogP) is 1.51. The zero-order valence-corrected chi connectivity index (χ0v) is 14.8. The van der Waals surface area contributed by atoms with Crippen molar-refractivity contribution >= 4 is 21.8 Å². The summed E-state index contributed by atoms with van der Waals surface area (Å²) in [5.74, 6) is 0.544. The maximum atomic E-state index is 12.6. The lowest BCUT2D eigenvalue weighted by molar-refractivity contribution is 0.197. The molecule has 0 spiro atoms. The van der Waals surface area contributed by atoms with Crippen LogP contribution in [0.2, 0.25) is 0 Å². The molecule has 0 aliphatic heterocycles. The fraction of sp³-hybridized carbons (Fsp3) is 0.211. The molecular weight excluding hydrogens is 344 g/mol. The quantitative estimate of drug-likeness (QED) is 0.578. The van der Waals surface area contributed by atoms with Crippen LogP contribution >= 0.6 is 0 Å². The van der Waals surface area contributed by atoms with Gasteiger partial charge in [-0.3, -0.25) is 14.5 Å². The summed E-state index contributed by atoms with van der Waals surface area (Å²) in [6, 6.07) is 14.3. The van der Waals surface area contributed by atoms with E-state index in [-0.39, 0.29) is 17.8 Å². The number of nitrogens with zero attached hydrogens (tertiary/aromatic N) is 5. The lowest BCUT2D eigenvalue weighted by atomic mass is 10.2. The number of aromatic nitrogens is 5. The van der Waals surface area contributed by atoms with Gasteiger partial charge in [0.05, 0.1) is 29.5 Å². The zero-order valence-electron chi connectivity index (χ0n) is 14.8. The Morgan fingerprint density at radius 2 is 1.70 bits per heavy atom. The average Bonchev–Trinajstić information content (AvgIpc) is 2.69. The summed E-state index contributed by atoms with van der Waals surface area (Å²) in [6.45, 7) is 3.26. The minimum absolute atomic E-state index is 0.172. The van der Waals surface area contributed by atoms with Gasteiger partial charge in [0, 0.05) is 0 Å². The summed E-state index contributed by atoms with van der Waals surface area (Å²) in [6.07, 6.45) is 0. The van der Waals surface area contributed by atoms with Gasteiger partial charge in [-0.05, 0) is 30.8 Å². The molecule has 1 N–H and O–H groups in total. The molecule has 0 aliphatic carbocycles. The number of H-pyrrole nitrogens is 1. The third-order valence-electron chi connectivity index (χ3n) is 4.45. The summed E-state index contributed by atoms with van der Waals surface area (Å²) in [5.41, 5.74) is 0.852. The first-order chi connectivity index (χ1) is 13.2. The fourth-order valence-electron chi connectivity index (χ4n) is 2.99. The Morgan fingerprint density at radius 1 is 1.00 bits per heavy atom. The predicted molar refractivity (Wildman–Crippen MR) is 102 cm³/mol. The second kappa shape index (κ2) is 7.08. The molecule has 0 fully saturated rings. The van der Waals surface area contributed by atoms with Crippen molar-refractivity contribution in [3.63, 3.8) is 0 Å². The first kappa shape index (κ1) is 17.0. The summed E-state index contributed by atoms with van der Waals surface area (Å²) in [5, 5.41) is 9.21. The molecule has 4 aromatic rings. The van der Waals surface area contributed by atoms with E-state index in [1.165, 1.54) is 4.68 Å². The number of nitrogens with one attached hydrogen (secondary N) is 1. The first-order valence-corrected chi connectivity index (χ1v) is 8.68. The number of benzene rings is 2. The summed E-state index contributed by atoms with van der Waals surface area (Å²) < 4.78 is 1.32. The molecule has 8 nitrogen and oxygen atoms in total. The molecule has 0 aliphatic rings. The molecule has 136 valence electrons. The van der Waals surface area contributed by atoms with Crippen LogP contribution in [0.4, 0.5) is 0 Å². The van der Waals surface area contributed by atoms with E-state index in [4.69, 9.17) is 0 Å². The lowest BCUT2D eigenvalue weighted by Gasteiger charge is -2.20. The molecule has 0 bridgehead atoms. The molecule has 0 saturated heterocycles. The summed E-state index contributed by atoms with van der Waals surface area (Å²) in [4.78, 5) is 34.1. The molecule has 0 amide bonds. The Labute approximate surface area is 154 Å². The Balaban J connectivity index is 1.63. The maximum Gasteiger partial charge on any atom is 0.278 e. The number of hydrogen-bond acceptors (Lipinski definition) is 6. The largest absolute Gasteiger partial charge is 0.309 e. The molecule has 27 heavy (non-hydrogen) atoms. The van der Waals surface area contributed by atoms with E-state index < -0.39 is 0 Å². The fourth-order valence-corrected chi connectivity index (χ4v) is 2.99. The van der Waals surface area contributed by atoms with Crippen LogP contribution in [0.25, 0.3) is 21.8 Å². The van der Waals surface area contributed by atoms with Crippen molar-refractivity contribution in [3.8, 4) is 0 Å². The summed E-state index contributed by atoms with van der Waals surface area (Å²) >= 11 is 0. The van der Waals surface area contributed by atoms with Gasteiger partial charge in [-0.15, -0.1) is 5.10 Å². The van der Waals surface area contributed by atoms with E-state index in [1.807, 2.05) is 36.1 Å². The minimum atomic E-state index is -0.195. The molecule has 0 unspecified atom stereocenters. The Bertz CT molecular complexity index is 1230. The van der Waals surface area contributed by atoms with Crippen molar-refractivity contribution in [1.29, 1.82) is 0 Å². The van der Waals surface area contributed by atoms with Crippen molar-refractivity contribution < 1.29 is 0 Å². The second-order valence-electron chi connectivity index (χ2n) is 6.23. The average molecular weight is 362 g/mol. The van der Waals surface area contributed by atoms with Gasteiger partial charge in [0.1, 0.15) is 11.3 Å². The SMILES string of the molecule is CCN(Cc1nc2ccccc2c(=O)[nH]1)Cn1nnc2ccccc2c1=O. The highest BCUT2D eigenvalue weighted by molar-refractivity contribution is 5.77. The van der Waals surface area contributed by atoms with Gasteiger partial charge in [0.25, 0.3) is 11.1 Å². The van der Waals surface area contributed by atoms with Crippen LogP contribution in [-0.4, -0.2) is 36.4 Å². The van der Waals surface area contributed by atoms with E-state index in [0.717, 1.165) is 0 Å². The monoisotopic (exact) mass is 362 g/mol. The normalized spacial score (nSPS) is 11.5. The van der Waals surface area contributed by atoms with Crippen LogP contribution < -0.4 is 11.1 Å². The molecule has 0 radical (unpaired) electrons. The van der Waals surface area contributed by atoms with Crippen LogP contribution in [-0.2, 0) is 13.2 Å². The topological polar surface area (TPSA) is 96.8 Å². The van der Waals surface area contributed by atoms with Crippen molar-refractivity contribution in [3.05, 3.63) is 75.1 Å². The molecule has 8 heteroatoms. The van der Waals surface area contributed by atoms with Crippen molar-refractivity contribution in [2.75, 3.05) is 6.54 Å². The Morgan fingerprint density at radius 3 is 2.48 bits per heavy atom. The number of rotatable bonds is 5. The zero-order chi connectivity index (χ0) is 18.8. The van der Waals surface area contributed by atoms with Crippen molar-refractivity contribution in [2.24, 2.45) is 0 Å². The van der Waals surface area contributed by atoms with Gasteiger partial charge >= 0.3 is 0 Å². The van der Waals surface area contributed by atoms with Gasteiger partial charge in [-0.2, -0.15) is 4.68 Å². The molecule has 0 saturated carbocycles.